The van der Waals surface area contributed by atoms with Gasteiger partial charge in [0.15, 0.2) is 0 Å². The number of benzene rings is 1. The molecule has 4 nitrogen and oxygen atoms in total. The topological polar surface area (TPSA) is 56.3 Å². The third kappa shape index (κ3) is 3.36. The van der Waals surface area contributed by atoms with Crippen LogP contribution in [0.4, 0.5) is 0 Å². The lowest BCUT2D eigenvalue weighted by molar-refractivity contribution is -0.0970. The lowest BCUT2D eigenvalue weighted by Crippen LogP contribution is -2.40. The van der Waals surface area contributed by atoms with Gasteiger partial charge in [-0.1, -0.05) is 30.7 Å². The first-order valence-electron chi connectivity index (χ1n) is 9.58. The van der Waals surface area contributed by atoms with E-state index in [1.807, 2.05) is 30.3 Å². The van der Waals surface area contributed by atoms with Crippen molar-refractivity contribution in [3.63, 3.8) is 0 Å². The Labute approximate surface area is 165 Å². The molecular formula is C21H27NO3S2. The van der Waals surface area contributed by atoms with E-state index in [4.69, 9.17) is 4.74 Å². The van der Waals surface area contributed by atoms with Crippen LogP contribution >= 0.6 is 11.3 Å². The molecule has 1 aromatic heterocycles. The van der Waals surface area contributed by atoms with Crippen LogP contribution in [0.3, 0.4) is 0 Å². The van der Waals surface area contributed by atoms with E-state index < -0.39 is 15.1 Å². The Hall–Kier alpha value is -1.24. The smallest absolute Gasteiger partial charge is 0.211 e. The van der Waals surface area contributed by atoms with Gasteiger partial charge in [0.25, 0.3) is 0 Å². The first kappa shape index (κ1) is 19.1. The summed E-state index contributed by atoms with van der Waals surface area (Å²) < 4.78 is 33.9. The summed E-state index contributed by atoms with van der Waals surface area (Å²) in [4.78, 5) is 4.40. The second kappa shape index (κ2) is 6.39. The Morgan fingerprint density at radius 1 is 1.22 bits per heavy atom. The Morgan fingerprint density at radius 2 is 1.96 bits per heavy atom. The predicted molar refractivity (Wildman–Crippen MR) is 110 cm³/mol. The van der Waals surface area contributed by atoms with Gasteiger partial charge in [0.2, 0.25) is 14.2 Å². The van der Waals surface area contributed by atoms with Crippen molar-refractivity contribution in [1.82, 2.24) is 4.98 Å². The zero-order valence-electron chi connectivity index (χ0n) is 16.4. The molecule has 146 valence electrons. The normalized spacial score (nSPS) is 29.0. The van der Waals surface area contributed by atoms with Crippen molar-refractivity contribution in [3.8, 4) is 0 Å². The van der Waals surface area contributed by atoms with Crippen LogP contribution in [0, 0.1) is 5.41 Å². The van der Waals surface area contributed by atoms with Crippen LogP contribution in [0.1, 0.15) is 53.4 Å². The number of sulfone groups is 1. The molecule has 0 bridgehead atoms. The summed E-state index contributed by atoms with van der Waals surface area (Å²) in [6.07, 6.45) is 5.53. The van der Waals surface area contributed by atoms with Gasteiger partial charge in [0.05, 0.1) is 27.2 Å². The van der Waals surface area contributed by atoms with Crippen molar-refractivity contribution in [2.24, 2.45) is 5.41 Å². The number of nitrogens with zero attached hydrogens (tertiary/aromatic N) is 1. The molecule has 0 unspecified atom stereocenters. The van der Waals surface area contributed by atoms with E-state index in [0.717, 1.165) is 29.5 Å². The van der Waals surface area contributed by atoms with E-state index in [1.54, 1.807) is 0 Å². The summed E-state index contributed by atoms with van der Waals surface area (Å²) in [6.45, 7) is 8.49. The third-order valence-corrected chi connectivity index (χ3v) is 9.39. The molecule has 27 heavy (non-hydrogen) atoms. The second-order valence-electron chi connectivity index (χ2n) is 8.94. The zero-order valence-corrected chi connectivity index (χ0v) is 18.0. The molecule has 0 N–H and O–H groups in total. The average Bonchev–Trinajstić information content (AvgIpc) is 3.15. The standard InChI is InChI=1S/C21H27NO3S2/c1-20(2,3)25-18-10-9-14-13-15(11-12-21(14,18)4)27(23,24)19-22-16-7-5-6-8-17(16)26-19/h5-8,13,15,18H,9-12H2,1-4H3/t15-,18+,21+/m1/s1. The van der Waals surface area contributed by atoms with Gasteiger partial charge in [-0.2, -0.15) is 0 Å². The molecule has 0 saturated heterocycles. The molecule has 3 atom stereocenters. The van der Waals surface area contributed by atoms with Crippen molar-refractivity contribution in [1.29, 1.82) is 0 Å². The Morgan fingerprint density at radius 3 is 2.67 bits per heavy atom. The van der Waals surface area contributed by atoms with Crippen molar-refractivity contribution < 1.29 is 13.2 Å². The summed E-state index contributed by atoms with van der Waals surface area (Å²) in [5.41, 5.74) is 1.77. The van der Waals surface area contributed by atoms with Crippen LogP contribution in [0.5, 0.6) is 0 Å². The van der Waals surface area contributed by atoms with Crippen molar-refractivity contribution in [2.45, 2.75) is 74.7 Å². The number of fused-ring (bicyclic) bond motifs is 2. The summed E-state index contributed by atoms with van der Waals surface area (Å²) >= 11 is 1.28. The third-order valence-electron chi connectivity index (χ3n) is 5.87. The van der Waals surface area contributed by atoms with Crippen LogP contribution in [-0.4, -0.2) is 30.4 Å². The zero-order chi connectivity index (χ0) is 19.4. The highest BCUT2D eigenvalue weighted by atomic mass is 32.2. The van der Waals surface area contributed by atoms with Crippen LogP contribution in [0.2, 0.25) is 0 Å². The molecule has 6 heteroatoms. The van der Waals surface area contributed by atoms with E-state index in [1.165, 1.54) is 16.9 Å². The molecule has 4 rings (SSSR count). The van der Waals surface area contributed by atoms with Crippen molar-refractivity contribution in [2.75, 3.05) is 0 Å². The van der Waals surface area contributed by atoms with Gasteiger partial charge in [-0.3, -0.25) is 0 Å². The van der Waals surface area contributed by atoms with Crippen molar-refractivity contribution in [3.05, 3.63) is 35.9 Å². The molecule has 0 spiro atoms. The number of thiazole rings is 1. The minimum Gasteiger partial charge on any atom is -0.372 e. The van der Waals surface area contributed by atoms with E-state index in [9.17, 15) is 8.42 Å². The molecule has 2 aromatic rings. The molecule has 0 radical (unpaired) electrons. The van der Waals surface area contributed by atoms with Crippen LogP contribution in [0.25, 0.3) is 10.2 Å². The lowest BCUT2D eigenvalue weighted by Gasteiger charge is -2.40. The minimum absolute atomic E-state index is 0.0487. The number of rotatable bonds is 3. The summed E-state index contributed by atoms with van der Waals surface area (Å²) in [5, 5.41) is -0.477. The monoisotopic (exact) mass is 405 g/mol. The molecule has 0 amide bonds. The summed E-state index contributed by atoms with van der Waals surface area (Å²) in [5.74, 6) is 0. The van der Waals surface area contributed by atoms with Gasteiger partial charge in [-0.15, -0.1) is 11.3 Å². The number of ether oxygens (including phenoxy) is 1. The predicted octanol–water partition coefficient (Wildman–Crippen LogP) is 5.14. The summed E-state index contributed by atoms with van der Waals surface area (Å²) in [7, 11) is -3.45. The fourth-order valence-corrected chi connectivity index (χ4v) is 7.46. The number of hydrogen-bond donors (Lipinski definition) is 0. The van der Waals surface area contributed by atoms with Gasteiger partial charge in [0, 0.05) is 5.41 Å². The summed E-state index contributed by atoms with van der Waals surface area (Å²) in [6, 6.07) is 7.60. The number of para-hydroxylation sites is 1. The van der Waals surface area contributed by atoms with Crippen LogP contribution in [0.15, 0.2) is 40.3 Å². The quantitative estimate of drug-likeness (QED) is 0.663. The van der Waals surface area contributed by atoms with Gasteiger partial charge in [0.1, 0.15) is 0 Å². The first-order chi connectivity index (χ1) is 12.6. The molecule has 1 aromatic carbocycles. The SMILES string of the molecule is CC(C)(C)O[C@H]1CCC2=C[C@H](S(=O)(=O)c3nc4ccccc4s3)CC[C@@]21C. The fraction of sp³-hybridized carbons (Fsp3) is 0.571. The largest absolute Gasteiger partial charge is 0.372 e. The molecule has 1 saturated carbocycles. The fourth-order valence-electron chi connectivity index (χ4n) is 4.41. The van der Waals surface area contributed by atoms with Gasteiger partial charge in [-0.25, -0.2) is 13.4 Å². The Balaban J connectivity index is 1.64. The van der Waals surface area contributed by atoms with Crippen LogP contribution in [-0.2, 0) is 14.6 Å². The number of aromatic nitrogens is 1. The maximum Gasteiger partial charge on any atom is 0.211 e. The van der Waals surface area contributed by atoms with Crippen LogP contribution < -0.4 is 0 Å². The highest BCUT2D eigenvalue weighted by Gasteiger charge is 2.48. The molecule has 2 aliphatic rings. The highest BCUT2D eigenvalue weighted by Crippen LogP contribution is 2.52. The first-order valence-corrected chi connectivity index (χ1v) is 11.9. The molecule has 2 aliphatic carbocycles. The van der Waals surface area contributed by atoms with Gasteiger partial charge in [-0.05, 0) is 58.6 Å². The maximum atomic E-state index is 13.2. The molecule has 0 aliphatic heterocycles. The maximum absolute atomic E-state index is 13.2. The molecular weight excluding hydrogens is 378 g/mol. The highest BCUT2D eigenvalue weighted by molar-refractivity contribution is 7.94. The van der Waals surface area contributed by atoms with E-state index in [0.29, 0.717) is 6.42 Å². The van der Waals surface area contributed by atoms with E-state index >= 15 is 0 Å². The van der Waals surface area contributed by atoms with Gasteiger partial charge >= 0.3 is 0 Å². The molecule has 1 fully saturated rings. The molecule has 1 heterocycles. The Bertz CT molecular complexity index is 967. The van der Waals surface area contributed by atoms with Crippen molar-refractivity contribution >= 4 is 31.4 Å². The Kier molecular flexibility index (Phi) is 4.52. The van der Waals surface area contributed by atoms with Gasteiger partial charge < -0.3 is 4.74 Å². The minimum atomic E-state index is -3.45. The second-order valence-corrected chi connectivity index (χ2v) is 12.3. The number of hydrogen-bond acceptors (Lipinski definition) is 5. The average molecular weight is 406 g/mol. The van der Waals surface area contributed by atoms with E-state index in [2.05, 4.69) is 32.7 Å². The van der Waals surface area contributed by atoms with E-state index in [-0.39, 0.29) is 21.5 Å². The lowest BCUT2D eigenvalue weighted by atomic mass is 9.74.